The van der Waals surface area contributed by atoms with Gasteiger partial charge in [-0.2, -0.15) is 0 Å². The predicted molar refractivity (Wildman–Crippen MR) is 113 cm³/mol. The molecule has 1 saturated heterocycles. The summed E-state index contributed by atoms with van der Waals surface area (Å²) < 4.78 is 0. The minimum atomic E-state index is -0.673. The molecule has 0 aromatic carbocycles. The van der Waals surface area contributed by atoms with E-state index in [2.05, 4.69) is 41.4 Å². The second-order valence-electron chi connectivity index (χ2n) is 9.43. The first-order chi connectivity index (χ1) is 13.8. The predicted octanol–water partition coefficient (Wildman–Crippen LogP) is 1.58. The summed E-state index contributed by atoms with van der Waals surface area (Å²) in [5, 5.41) is 17.6. The normalized spacial score (nSPS) is 17.0. The Bertz CT molecular complexity index is 820. The number of carbonyl (C=O) groups excluding carboxylic acids is 2. The summed E-state index contributed by atoms with van der Waals surface area (Å²) in [4.78, 5) is 44.8. The lowest BCUT2D eigenvalue weighted by Gasteiger charge is -2.34. The van der Waals surface area contributed by atoms with Crippen LogP contribution < -0.4 is 21.3 Å². The van der Waals surface area contributed by atoms with Crippen LogP contribution in [0.5, 0.6) is 0 Å². The molecule has 11 heteroatoms. The molecule has 0 spiro atoms. The Kier molecular flexibility index (Phi) is 6.84. The summed E-state index contributed by atoms with van der Waals surface area (Å²) in [7, 11) is 0. The largest absolute Gasteiger partial charge is 0.368 e. The molecule has 0 saturated carbocycles. The van der Waals surface area contributed by atoms with Crippen LogP contribution in [0.1, 0.15) is 53.9 Å². The number of nitro groups is 1. The van der Waals surface area contributed by atoms with Crippen molar-refractivity contribution in [3.63, 3.8) is 0 Å². The minimum absolute atomic E-state index is 0.000295. The number of hydrogen-bond donors (Lipinski definition) is 3. The van der Waals surface area contributed by atoms with Crippen molar-refractivity contribution in [1.29, 1.82) is 0 Å². The fourth-order valence-corrected chi connectivity index (χ4v) is 4.11. The van der Waals surface area contributed by atoms with E-state index in [1.807, 2.05) is 13.8 Å². The summed E-state index contributed by atoms with van der Waals surface area (Å²) in [6.45, 7) is 10.3. The van der Waals surface area contributed by atoms with Crippen LogP contribution in [0.4, 0.5) is 17.3 Å². The number of primary amides is 1. The Morgan fingerprint density at radius 2 is 1.97 bits per heavy atom. The van der Waals surface area contributed by atoms with Gasteiger partial charge < -0.3 is 21.3 Å². The maximum atomic E-state index is 12.5. The van der Waals surface area contributed by atoms with E-state index < -0.39 is 28.3 Å². The van der Waals surface area contributed by atoms with Gasteiger partial charge in [-0.3, -0.25) is 19.7 Å². The molecule has 4 N–H and O–H groups in total. The van der Waals surface area contributed by atoms with Crippen molar-refractivity contribution in [3.8, 4) is 0 Å². The van der Waals surface area contributed by atoms with E-state index in [4.69, 9.17) is 5.73 Å². The number of rotatable bonds is 8. The molecule has 0 aliphatic carbocycles. The number of amides is 2. The van der Waals surface area contributed by atoms with Crippen molar-refractivity contribution < 1.29 is 14.5 Å². The smallest absolute Gasteiger partial charge is 0.353 e. The zero-order valence-electron chi connectivity index (χ0n) is 18.2. The molecule has 0 bridgehead atoms. The molecule has 1 fully saturated rings. The Balaban J connectivity index is 2.37. The summed E-state index contributed by atoms with van der Waals surface area (Å²) in [5.41, 5.74) is 4.36. The number of nitrogens with zero attached hydrogens (tertiary/aromatic N) is 4. The van der Waals surface area contributed by atoms with Gasteiger partial charge >= 0.3 is 5.69 Å². The third kappa shape index (κ3) is 6.01. The fourth-order valence-electron chi connectivity index (χ4n) is 4.11. The van der Waals surface area contributed by atoms with E-state index in [1.165, 1.54) is 6.33 Å². The van der Waals surface area contributed by atoms with E-state index in [-0.39, 0.29) is 29.3 Å². The van der Waals surface area contributed by atoms with Crippen molar-refractivity contribution in [2.24, 2.45) is 11.1 Å². The summed E-state index contributed by atoms with van der Waals surface area (Å²) in [5.74, 6) is -0.876. The highest BCUT2D eigenvalue weighted by molar-refractivity contribution is 5.90. The third-order valence-corrected chi connectivity index (χ3v) is 4.68. The van der Waals surface area contributed by atoms with E-state index >= 15 is 0 Å². The van der Waals surface area contributed by atoms with Gasteiger partial charge in [0, 0.05) is 12.1 Å². The lowest BCUT2D eigenvalue weighted by molar-refractivity contribution is -0.383. The number of nitrogens with two attached hydrogens (primary N) is 1. The maximum absolute atomic E-state index is 12.5. The molecule has 1 aliphatic rings. The molecular formula is C19H31N7O4. The van der Waals surface area contributed by atoms with Crippen molar-refractivity contribution in [2.45, 2.75) is 65.5 Å². The van der Waals surface area contributed by atoms with E-state index in [1.54, 1.807) is 4.90 Å². The zero-order chi connectivity index (χ0) is 22.7. The Labute approximate surface area is 176 Å². The fraction of sp³-hybridized carbons (Fsp3) is 0.684. The molecule has 1 unspecified atom stereocenters. The second-order valence-corrected chi connectivity index (χ2v) is 9.43. The van der Waals surface area contributed by atoms with Crippen molar-refractivity contribution in [3.05, 3.63) is 16.4 Å². The van der Waals surface area contributed by atoms with Crippen LogP contribution in [0.15, 0.2) is 6.33 Å². The monoisotopic (exact) mass is 421 g/mol. The van der Waals surface area contributed by atoms with Gasteiger partial charge in [-0.1, -0.05) is 20.8 Å². The summed E-state index contributed by atoms with van der Waals surface area (Å²) >= 11 is 0. The first kappa shape index (κ1) is 23.3. The van der Waals surface area contributed by atoms with Crippen LogP contribution in [0.2, 0.25) is 0 Å². The van der Waals surface area contributed by atoms with Crippen LogP contribution >= 0.6 is 0 Å². The molecule has 2 amide bonds. The van der Waals surface area contributed by atoms with E-state index in [9.17, 15) is 19.7 Å². The first-order valence-corrected chi connectivity index (χ1v) is 9.91. The van der Waals surface area contributed by atoms with E-state index in [0.29, 0.717) is 19.4 Å². The Morgan fingerprint density at radius 1 is 1.30 bits per heavy atom. The highest BCUT2D eigenvalue weighted by Crippen LogP contribution is 2.38. The average molecular weight is 422 g/mol. The molecule has 0 radical (unpaired) electrons. The molecule has 1 aromatic heterocycles. The lowest BCUT2D eigenvalue weighted by atomic mass is 9.82. The van der Waals surface area contributed by atoms with Crippen LogP contribution in [-0.4, -0.2) is 51.4 Å². The van der Waals surface area contributed by atoms with Crippen LogP contribution in [0.25, 0.3) is 0 Å². The summed E-state index contributed by atoms with van der Waals surface area (Å²) in [6.07, 6.45) is 3.16. The maximum Gasteiger partial charge on any atom is 0.353 e. The molecular weight excluding hydrogens is 390 g/mol. The standard InChI is InChI=1S/C19H31N7O4/c1-18(2,3)10-19(4,5)24-15-14(26(29)30)16(23-11-22-15)25-8-6-7-12(25)17(28)21-9-13(20)27/h11-12H,6-10H2,1-5H3,(H2,20,27)(H,21,28)(H,22,23,24). The van der Waals surface area contributed by atoms with Crippen LogP contribution in [0, 0.1) is 15.5 Å². The molecule has 166 valence electrons. The van der Waals surface area contributed by atoms with Crippen LogP contribution in [0.3, 0.4) is 0 Å². The van der Waals surface area contributed by atoms with E-state index in [0.717, 1.165) is 6.42 Å². The number of carbonyl (C=O) groups is 2. The second kappa shape index (κ2) is 8.80. The number of nitrogens with one attached hydrogen (secondary N) is 2. The molecule has 11 nitrogen and oxygen atoms in total. The number of anilines is 2. The minimum Gasteiger partial charge on any atom is -0.368 e. The quantitative estimate of drug-likeness (QED) is 0.422. The molecule has 1 aromatic rings. The molecule has 1 atom stereocenters. The van der Waals surface area contributed by atoms with Crippen LogP contribution in [-0.2, 0) is 9.59 Å². The topological polar surface area (TPSA) is 156 Å². The van der Waals surface area contributed by atoms with Gasteiger partial charge in [0.05, 0.1) is 11.5 Å². The number of hydrogen-bond acceptors (Lipinski definition) is 8. The van der Waals surface area contributed by atoms with Crippen molar-refractivity contribution >= 4 is 29.1 Å². The molecule has 1 aliphatic heterocycles. The molecule has 30 heavy (non-hydrogen) atoms. The SMILES string of the molecule is CC(C)(C)CC(C)(C)Nc1ncnc(N2CCCC2C(=O)NCC(N)=O)c1[N+](=O)[O-]. The lowest BCUT2D eigenvalue weighted by Crippen LogP contribution is -2.46. The van der Waals surface area contributed by atoms with Gasteiger partial charge in [0.2, 0.25) is 23.5 Å². The van der Waals surface area contributed by atoms with Crippen molar-refractivity contribution in [2.75, 3.05) is 23.3 Å². The van der Waals surface area contributed by atoms with Gasteiger partial charge in [-0.15, -0.1) is 0 Å². The van der Waals surface area contributed by atoms with Gasteiger partial charge in [-0.25, -0.2) is 9.97 Å². The highest BCUT2D eigenvalue weighted by atomic mass is 16.6. The average Bonchev–Trinajstić information content (AvgIpc) is 3.06. The zero-order valence-corrected chi connectivity index (χ0v) is 18.2. The Morgan fingerprint density at radius 3 is 2.53 bits per heavy atom. The highest BCUT2D eigenvalue weighted by Gasteiger charge is 2.38. The third-order valence-electron chi connectivity index (χ3n) is 4.68. The van der Waals surface area contributed by atoms with Gasteiger partial charge in [0.25, 0.3) is 0 Å². The molecule has 2 rings (SSSR count). The summed E-state index contributed by atoms with van der Waals surface area (Å²) in [6, 6.07) is -0.673. The first-order valence-electron chi connectivity index (χ1n) is 9.91. The van der Waals surface area contributed by atoms with Crippen molar-refractivity contribution in [1.82, 2.24) is 15.3 Å². The van der Waals surface area contributed by atoms with Gasteiger partial charge in [0.15, 0.2) is 0 Å². The van der Waals surface area contributed by atoms with Gasteiger partial charge in [0.1, 0.15) is 12.4 Å². The number of aromatic nitrogens is 2. The Hall–Kier alpha value is -2.98. The molecule has 2 heterocycles. The van der Waals surface area contributed by atoms with Gasteiger partial charge in [-0.05, 0) is 38.5 Å².